The predicted octanol–water partition coefficient (Wildman–Crippen LogP) is 0.351. The van der Waals surface area contributed by atoms with E-state index in [1.54, 1.807) is 36.3 Å². The average molecular weight is 435 g/mol. The van der Waals surface area contributed by atoms with E-state index in [-0.39, 0.29) is 31.1 Å². The van der Waals surface area contributed by atoms with Gasteiger partial charge in [0.25, 0.3) is 0 Å². The van der Waals surface area contributed by atoms with E-state index in [1.165, 1.54) is 0 Å². The van der Waals surface area contributed by atoms with Gasteiger partial charge in [-0.15, -0.1) is 0 Å². The number of hydrogen-bond donors (Lipinski definition) is 3. The van der Waals surface area contributed by atoms with Gasteiger partial charge in [-0.1, -0.05) is 0 Å². The number of hydrogen-bond acceptors (Lipinski definition) is 7. The number of carbonyl (C=O) groups excluding carboxylic acids is 2. The number of anilines is 1. The molecule has 0 radical (unpaired) electrons. The minimum absolute atomic E-state index is 0.0381. The Morgan fingerprint density at radius 3 is 2.61 bits per heavy atom. The van der Waals surface area contributed by atoms with Crippen molar-refractivity contribution in [1.82, 2.24) is 10.2 Å². The lowest BCUT2D eigenvalue weighted by Crippen LogP contribution is -2.43. The van der Waals surface area contributed by atoms with E-state index in [1.807, 2.05) is 0 Å². The Balaban J connectivity index is 1.20. The fourth-order valence-electron chi connectivity index (χ4n) is 4.19. The molecule has 3 N–H and O–H groups in total. The number of urea groups is 1. The largest absolute Gasteiger partial charge is 0.497 e. The van der Waals surface area contributed by atoms with E-state index in [9.17, 15) is 14.7 Å². The van der Waals surface area contributed by atoms with Crippen LogP contribution in [0.2, 0.25) is 0 Å². The summed E-state index contributed by atoms with van der Waals surface area (Å²) in [6.45, 7) is 2.47. The maximum atomic E-state index is 12.4. The molecule has 1 aromatic carbocycles. The van der Waals surface area contributed by atoms with Gasteiger partial charge in [0.15, 0.2) is 0 Å². The van der Waals surface area contributed by atoms with Gasteiger partial charge in [-0.2, -0.15) is 0 Å². The first-order chi connectivity index (χ1) is 15.0. The summed E-state index contributed by atoms with van der Waals surface area (Å²) in [5.74, 6) is 0.737. The van der Waals surface area contributed by atoms with Crippen LogP contribution >= 0.6 is 0 Å². The molecule has 3 saturated heterocycles. The Morgan fingerprint density at radius 1 is 1.19 bits per heavy atom. The first-order valence-electron chi connectivity index (χ1n) is 10.6. The highest BCUT2D eigenvalue weighted by atomic mass is 16.6. The first-order valence-corrected chi connectivity index (χ1v) is 10.6. The number of fused-ring (bicyclic) bond motifs is 1. The van der Waals surface area contributed by atoms with Gasteiger partial charge in [0.1, 0.15) is 24.1 Å². The second-order valence-corrected chi connectivity index (χ2v) is 7.92. The molecule has 10 heteroatoms. The molecule has 4 rings (SSSR count). The zero-order chi connectivity index (χ0) is 21.8. The van der Waals surface area contributed by atoms with Gasteiger partial charge in [-0.3, -0.25) is 4.79 Å². The number of aliphatic hydroxyl groups excluding tert-OH is 1. The summed E-state index contributed by atoms with van der Waals surface area (Å²) in [5, 5.41) is 16.0. The number of carbonyl (C=O) groups is 2. The van der Waals surface area contributed by atoms with Crippen molar-refractivity contribution in [2.24, 2.45) is 0 Å². The highest BCUT2D eigenvalue weighted by Gasteiger charge is 2.50. The lowest BCUT2D eigenvalue weighted by atomic mass is 10.1. The summed E-state index contributed by atoms with van der Waals surface area (Å²) in [6.07, 6.45) is -1.65. The number of ether oxygens (including phenoxy) is 4. The van der Waals surface area contributed by atoms with Crippen molar-refractivity contribution < 1.29 is 33.6 Å². The third-order valence-electron chi connectivity index (χ3n) is 5.86. The van der Waals surface area contributed by atoms with Gasteiger partial charge in [0.2, 0.25) is 5.91 Å². The maximum absolute atomic E-state index is 12.4. The van der Waals surface area contributed by atoms with Crippen molar-refractivity contribution >= 4 is 17.6 Å². The highest BCUT2D eigenvalue weighted by molar-refractivity contribution is 5.89. The van der Waals surface area contributed by atoms with Crippen LogP contribution in [0.3, 0.4) is 0 Å². The molecule has 3 aliphatic rings. The molecule has 5 atom stereocenters. The van der Waals surface area contributed by atoms with Gasteiger partial charge < -0.3 is 39.6 Å². The number of rotatable bonds is 6. The smallest absolute Gasteiger partial charge is 0.319 e. The second kappa shape index (κ2) is 9.82. The van der Waals surface area contributed by atoms with Crippen molar-refractivity contribution in [3.05, 3.63) is 24.3 Å². The Labute approximate surface area is 180 Å². The molecular formula is C21H29N3O7. The third kappa shape index (κ3) is 5.27. The minimum Gasteiger partial charge on any atom is -0.497 e. The van der Waals surface area contributed by atoms with Gasteiger partial charge >= 0.3 is 6.03 Å². The number of methoxy groups -OCH3 is 1. The molecule has 10 nitrogen and oxygen atoms in total. The van der Waals surface area contributed by atoms with Crippen LogP contribution < -0.4 is 15.4 Å². The molecule has 0 spiro atoms. The van der Waals surface area contributed by atoms with E-state index < -0.39 is 24.3 Å². The van der Waals surface area contributed by atoms with Crippen molar-refractivity contribution in [3.8, 4) is 5.75 Å². The molecule has 5 unspecified atom stereocenters. The van der Waals surface area contributed by atoms with Crippen LogP contribution in [-0.2, 0) is 19.0 Å². The summed E-state index contributed by atoms with van der Waals surface area (Å²) in [4.78, 5) is 26.3. The SMILES string of the molecule is COc1ccc(NC(=O)NCC2OC3CC(CC(=O)N4CCOCC4)OC3C2O)cc1. The topological polar surface area (TPSA) is 119 Å². The summed E-state index contributed by atoms with van der Waals surface area (Å²) < 4.78 is 22.2. The maximum Gasteiger partial charge on any atom is 0.319 e. The van der Waals surface area contributed by atoms with Crippen LogP contribution in [0.5, 0.6) is 5.75 Å². The van der Waals surface area contributed by atoms with Gasteiger partial charge in [-0.25, -0.2) is 4.79 Å². The van der Waals surface area contributed by atoms with E-state index in [4.69, 9.17) is 18.9 Å². The lowest BCUT2D eigenvalue weighted by Gasteiger charge is -2.28. The predicted molar refractivity (Wildman–Crippen MR) is 110 cm³/mol. The van der Waals surface area contributed by atoms with Crippen LogP contribution in [0.4, 0.5) is 10.5 Å². The second-order valence-electron chi connectivity index (χ2n) is 7.92. The number of aliphatic hydroxyl groups is 1. The zero-order valence-corrected chi connectivity index (χ0v) is 17.5. The summed E-state index contributed by atoms with van der Waals surface area (Å²) in [6, 6.07) is 6.57. The molecule has 0 aliphatic carbocycles. The lowest BCUT2D eigenvalue weighted by molar-refractivity contribution is -0.138. The molecule has 0 aromatic heterocycles. The third-order valence-corrected chi connectivity index (χ3v) is 5.86. The van der Waals surface area contributed by atoms with Gasteiger partial charge in [-0.05, 0) is 24.3 Å². The highest BCUT2D eigenvalue weighted by Crippen LogP contribution is 2.35. The van der Waals surface area contributed by atoms with Gasteiger partial charge in [0, 0.05) is 31.7 Å². The van der Waals surface area contributed by atoms with Crippen molar-refractivity contribution in [2.45, 2.75) is 43.4 Å². The Hall–Kier alpha value is -2.40. The molecule has 170 valence electrons. The summed E-state index contributed by atoms with van der Waals surface area (Å²) in [5.41, 5.74) is 0.624. The monoisotopic (exact) mass is 435 g/mol. The van der Waals surface area contributed by atoms with E-state index in [0.717, 1.165) is 0 Å². The van der Waals surface area contributed by atoms with Gasteiger partial charge in [0.05, 0.1) is 39.0 Å². The van der Waals surface area contributed by atoms with Crippen LogP contribution in [0, 0.1) is 0 Å². The molecular weight excluding hydrogens is 406 g/mol. The molecule has 3 aliphatic heterocycles. The van der Waals surface area contributed by atoms with Crippen molar-refractivity contribution in [3.63, 3.8) is 0 Å². The fourth-order valence-corrected chi connectivity index (χ4v) is 4.19. The Bertz CT molecular complexity index is 769. The number of nitrogens with zero attached hydrogens (tertiary/aromatic N) is 1. The van der Waals surface area contributed by atoms with E-state index in [0.29, 0.717) is 44.2 Å². The van der Waals surface area contributed by atoms with Crippen molar-refractivity contribution in [1.29, 1.82) is 0 Å². The summed E-state index contributed by atoms with van der Waals surface area (Å²) in [7, 11) is 1.57. The molecule has 3 heterocycles. The number of morpholine rings is 1. The quantitative estimate of drug-likeness (QED) is 0.590. The molecule has 3 fully saturated rings. The Morgan fingerprint density at radius 2 is 1.94 bits per heavy atom. The number of benzene rings is 1. The number of nitrogens with one attached hydrogen (secondary N) is 2. The van der Waals surface area contributed by atoms with Crippen LogP contribution in [0.1, 0.15) is 12.8 Å². The molecule has 1 aromatic rings. The Kier molecular flexibility index (Phi) is 6.91. The molecule has 0 bridgehead atoms. The zero-order valence-electron chi connectivity index (χ0n) is 17.5. The summed E-state index contributed by atoms with van der Waals surface area (Å²) >= 11 is 0. The van der Waals surface area contributed by atoms with E-state index >= 15 is 0 Å². The normalized spacial score (nSPS) is 30.0. The van der Waals surface area contributed by atoms with Crippen molar-refractivity contribution in [2.75, 3.05) is 45.3 Å². The first kappa shape index (κ1) is 21.8. The molecule has 0 saturated carbocycles. The average Bonchev–Trinajstić information content (AvgIpc) is 3.31. The van der Waals surface area contributed by atoms with Crippen LogP contribution in [0.15, 0.2) is 24.3 Å². The minimum atomic E-state index is -0.866. The van der Waals surface area contributed by atoms with E-state index in [2.05, 4.69) is 10.6 Å². The molecule has 3 amide bonds. The van der Waals surface area contributed by atoms with Crippen LogP contribution in [-0.4, -0.2) is 92.4 Å². The fraction of sp³-hybridized carbons (Fsp3) is 0.619. The number of amides is 3. The molecule has 31 heavy (non-hydrogen) atoms. The van der Waals surface area contributed by atoms with Crippen LogP contribution in [0.25, 0.3) is 0 Å². The standard InChI is InChI=1S/C21H29N3O7/c1-28-14-4-2-13(3-5-14)23-21(27)22-12-17-19(26)20-16(31-17)10-15(30-20)11-18(25)24-6-8-29-9-7-24/h2-5,15-17,19-20,26H,6-12H2,1H3,(H2,22,23,27).